The average Bonchev–Trinajstić information content (AvgIpc) is 2.38. The van der Waals surface area contributed by atoms with Crippen LogP contribution >= 0.6 is 0 Å². The van der Waals surface area contributed by atoms with Crippen molar-refractivity contribution >= 4 is 23.9 Å². The van der Waals surface area contributed by atoms with Gasteiger partial charge in [0.15, 0.2) is 12.2 Å². The van der Waals surface area contributed by atoms with E-state index in [1.54, 1.807) is 6.07 Å². The zero-order chi connectivity index (χ0) is 18.2. The minimum Gasteiger partial charge on any atom is -0.459 e. The van der Waals surface area contributed by atoms with Crippen molar-refractivity contribution in [2.45, 2.75) is 59.0 Å². The maximum atomic E-state index is 11.3. The quantitative estimate of drug-likeness (QED) is 0.476. The summed E-state index contributed by atoms with van der Waals surface area (Å²) >= 11 is 0. The highest BCUT2D eigenvalue weighted by Crippen LogP contribution is 2.18. The summed E-state index contributed by atoms with van der Waals surface area (Å²) in [4.78, 5) is 44.7. The Morgan fingerprint density at radius 2 is 1.13 bits per heavy atom. The van der Waals surface area contributed by atoms with Gasteiger partial charge in [-0.3, -0.25) is 19.2 Å². The van der Waals surface area contributed by atoms with Gasteiger partial charge in [0.25, 0.3) is 0 Å². The van der Waals surface area contributed by atoms with Gasteiger partial charge in [-0.25, -0.2) is 0 Å². The standard InChI is InChI=1S/C14H19NO8/c1-7(20-8(2)16)13(22-10(4)18)14(23-11(5)19)12(6-15)21-9(3)17/h7,12-14H,1-5H3/t7-,12+,13+,14+/m0/s1. The van der Waals surface area contributed by atoms with E-state index < -0.39 is 48.3 Å². The number of hydrogen-bond donors (Lipinski definition) is 0. The van der Waals surface area contributed by atoms with Gasteiger partial charge in [0.1, 0.15) is 12.2 Å². The molecule has 0 aliphatic rings. The van der Waals surface area contributed by atoms with Crippen LogP contribution in [0.3, 0.4) is 0 Å². The Labute approximate surface area is 133 Å². The van der Waals surface area contributed by atoms with Gasteiger partial charge >= 0.3 is 23.9 Å². The molecule has 0 rings (SSSR count). The maximum absolute atomic E-state index is 11.3. The summed E-state index contributed by atoms with van der Waals surface area (Å²) in [5, 5.41) is 9.14. The smallest absolute Gasteiger partial charge is 0.304 e. The van der Waals surface area contributed by atoms with Gasteiger partial charge < -0.3 is 18.9 Å². The molecule has 23 heavy (non-hydrogen) atoms. The van der Waals surface area contributed by atoms with Crippen LogP contribution in [0.15, 0.2) is 0 Å². The molecule has 0 radical (unpaired) electrons. The van der Waals surface area contributed by atoms with Crippen molar-refractivity contribution in [2.24, 2.45) is 0 Å². The lowest BCUT2D eigenvalue weighted by Gasteiger charge is -2.31. The van der Waals surface area contributed by atoms with E-state index in [-0.39, 0.29) is 0 Å². The molecule has 0 aromatic heterocycles. The van der Waals surface area contributed by atoms with E-state index in [4.69, 9.17) is 24.2 Å². The first kappa shape index (κ1) is 20.4. The number of ether oxygens (including phenoxy) is 4. The van der Waals surface area contributed by atoms with Crippen LogP contribution in [0.5, 0.6) is 0 Å². The van der Waals surface area contributed by atoms with E-state index in [0.717, 1.165) is 27.7 Å². The van der Waals surface area contributed by atoms with Crippen molar-refractivity contribution in [2.75, 3.05) is 0 Å². The Balaban J connectivity index is 5.63. The van der Waals surface area contributed by atoms with Gasteiger partial charge in [-0.1, -0.05) is 0 Å². The zero-order valence-corrected chi connectivity index (χ0v) is 13.5. The average molecular weight is 329 g/mol. The lowest BCUT2D eigenvalue weighted by atomic mass is 10.0. The van der Waals surface area contributed by atoms with Crippen LogP contribution in [0.25, 0.3) is 0 Å². The van der Waals surface area contributed by atoms with E-state index >= 15 is 0 Å². The van der Waals surface area contributed by atoms with Crippen molar-refractivity contribution in [3.8, 4) is 6.07 Å². The topological polar surface area (TPSA) is 129 Å². The molecule has 0 unspecified atom stereocenters. The van der Waals surface area contributed by atoms with E-state index in [2.05, 4.69) is 0 Å². The molecule has 0 spiro atoms. The second kappa shape index (κ2) is 9.40. The molecule has 9 heteroatoms. The fraction of sp³-hybridized carbons (Fsp3) is 0.643. The van der Waals surface area contributed by atoms with Crippen molar-refractivity contribution in [1.29, 1.82) is 5.26 Å². The van der Waals surface area contributed by atoms with Crippen LogP contribution in [0.4, 0.5) is 0 Å². The van der Waals surface area contributed by atoms with Crippen LogP contribution in [0.1, 0.15) is 34.6 Å². The summed E-state index contributed by atoms with van der Waals surface area (Å²) in [6, 6.07) is 1.65. The molecule has 0 aliphatic heterocycles. The number of nitriles is 1. The Morgan fingerprint density at radius 1 is 0.739 bits per heavy atom. The van der Waals surface area contributed by atoms with E-state index in [1.165, 1.54) is 6.92 Å². The molecular formula is C14H19NO8. The lowest BCUT2D eigenvalue weighted by Crippen LogP contribution is -2.50. The number of carbonyl (C=O) groups is 4. The molecule has 9 nitrogen and oxygen atoms in total. The highest BCUT2D eigenvalue weighted by atomic mass is 16.6. The normalized spacial score (nSPS) is 15.1. The van der Waals surface area contributed by atoms with E-state index in [1.807, 2.05) is 0 Å². The van der Waals surface area contributed by atoms with Crippen molar-refractivity contribution in [3.05, 3.63) is 0 Å². The molecule has 0 fully saturated rings. The minimum atomic E-state index is -1.54. The molecule has 128 valence electrons. The molecule has 0 bridgehead atoms. The van der Waals surface area contributed by atoms with Crippen molar-refractivity contribution in [1.82, 2.24) is 0 Å². The summed E-state index contributed by atoms with van der Waals surface area (Å²) in [5.41, 5.74) is 0. The molecule has 0 saturated heterocycles. The summed E-state index contributed by atoms with van der Waals surface area (Å²) in [7, 11) is 0. The molecule has 0 aromatic carbocycles. The molecule has 0 aliphatic carbocycles. The van der Waals surface area contributed by atoms with E-state index in [0.29, 0.717) is 0 Å². The number of nitrogens with zero attached hydrogens (tertiary/aromatic N) is 1. The zero-order valence-electron chi connectivity index (χ0n) is 13.5. The minimum absolute atomic E-state index is 0.669. The van der Waals surface area contributed by atoms with Gasteiger partial charge in [0.2, 0.25) is 6.10 Å². The van der Waals surface area contributed by atoms with Gasteiger partial charge in [-0.05, 0) is 6.92 Å². The van der Waals surface area contributed by atoms with Crippen LogP contribution in [-0.2, 0) is 38.1 Å². The second-order valence-electron chi connectivity index (χ2n) is 4.62. The van der Waals surface area contributed by atoms with Gasteiger partial charge in [0, 0.05) is 27.7 Å². The van der Waals surface area contributed by atoms with Gasteiger partial charge in [-0.2, -0.15) is 5.26 Å². The Kier molecular flexibility index (Phi) is 8.33. The number of esters is 4. The number of carbonyl (C=O) groups excluding carboxylic acids is 4. The number of hydrogen-bond acceptors (Lipinski definition) is 9. The molecular weight excluding hydrogens is 310 g/mol. The first-order valence-electron chi connectivity index (χ1n) is 6.67. The van der Waals surface area contributed by atoms with Crippen LogP contribution < -0.4 is 0 Å². The Bertz CT molecular complexity index is 509. The third-order valence-electron chi connectivity index (χ3n) is 2.46. The van der Waals surface area contributed by atoms with Crippen molar-refractivity contribution < 1.29 is 38.1 Å². The van der Waals surface area contributed by atoms with Crippen LogP contribution in [0, 0.1) is 11.3 Å². The molecule has 4 atom stereocenters. The SMILES string of the molecule is CC(=O)O[C@@H]([C@H](OC(C)=O)[C@@H](C#N)OC(C)=O)[C@H](C)OC(C)=O. The predicted octanol–water partition coefficient (Wildman–Crippen LogP) is 0.257. The first-order chi connectivity index (χ1) is 10.6. The monoisotopic (exact) mass is 329 g/mol. The highest BCUT2D eigenvalue weighted by molar-refractivity contribution is 5.69. The van der Waals surface area contributed by atoms with Crippen LogP contribution in [0.2, 0.25) is 0 Å². The Hall–Kier alpha value is -2.63. The largest absolute Gasteiger partial charge is 0.459 e. The summed E-state index contributed by atoms with van der Waals surface area (Å²) in [6.45, 7) is 5.73. The van der Waals surface area contributed by atoms with Gasteiger partial charge in [-0.15, -0.1) is 0 Å². The molecule has 0 aromatic rings. The van der Waals surface area contributed by atoms with E-state index in [9.17, 15) is 19.2 Å². The third-order valence-corrected chi connectivity index (χ3v) is 2.46. The number of rotatable bonds is 7. The lowest BCUT2D eigenvalue weighted by molar-refractivity contribution is -0.192. The first-order valence-corrected chi connectivity index (χ1v) is 6.67. The molecule has 0 amide bonds. The summed E-state index contributed by atoms with van der Waals surface area (Å²) in [5.74, 6) is -3.02. The van der Waals surface area contributed by atoms with Crippen molar-refractivity contribution in [3.63, 3.8) is 0 Å². The summed E-state index contributed by atoms with van der Waals surface area (Å²) in [6.07, 6.45) is -5.38. The fourth-order valence-electron chi connectivity index (χ4n) is 1.79. The molecule has 0 N–H and O–H groups in total. The Morgan fingerprint density at radius 3 is 1.48 bits per heavy atom. The van der Waals surface area contributed by atoms with Gasteiger partial charge in [0.05, 0.1) is 0 Å². The highest BCUT2D eigenvalue weighted by Gasteiger charge is 2.41. The third kappa shape index (κ3) is 7.80. The fourth-order valence-corrected chi connectivity index (χ4v) is 1.79. The molecule has 0 saturated carbocycles. The summed E-state index contributed by atoms with van der Waals surface area (Å²) < 4.78 is 19.7. The molecule has 0 heterocycles. The van der Waals surface area contributed by atoms with Crippen LogP contribution in [-0.4, -0.2) is 48.3 Å². The predicted molar refractivity (Wildman–Crippen MR) is 73.5 cm³/mol. The second-order valence-corrected chi connectivity index (χ2v) is 4.62. The maximum Gasteiger partial charge on any atom is 0.304 e.